The molecule has 0 aliphatic rings. The van der Waals surface area contributed by atoms with E-state index in [9.17, 15) is 4.79 Å². The molecule has 1 aromatic carbocycles. The van der Waals surface area contributed by atoms with Crippen molar-refractivity contribution in [1.82, 2.24) is 4.57 Å². The molecule has 1 N–H and O–H groups in total. The highest BCUT2D eigenvalue weighted by Crippen LogP contribution is 2.30. The normalized spacial score (nSPS) is 10.4. The van der Waals surface area contributed by atoms with Gasteiger partial charge in [-0.25, -0.2) is 4.79 Å². The van der Waals surface area contributed by atoms with Crippen LogP contribution in [0.5, 0.6) is 0 Å². The number of nitrogens with zero attached hydrogens (tertiary/aromatic N) is 1. The molecule has 0 aliphatic heterocycles. The Labute approximate surface area is 102 Å². The van der Waals surface area contributed by atoms with Gasteiger partial charge in [0, 0.05) is 12.4 Å². The monoisotopic (exact) mass is 255 g/mol. The first-order valence-electron chi connectivity index (χ1n) is 4.45. The number of halogens is 2. The summed E-state index contributed by atoms with van der Waals surface area (Å²) in [5.41, 5.74) is 0.657. The maximum atomic E-state index is 10.8. The molecule has 2 rings (SSSR count). The van der Waals surface area contributed by atoms with Crippen molar-refractivity contribution in [2.75, 3.05) is 0 Å². The zero-order chi connectivity index (χ0) is 11.7. The molecule has 0 unspecified atom stereocenters. The van der Waals surface area contributed by atoms with Crippen molar-refractivity contribution >= 4 is 29.2 Å². The van der Waals surface area contributed by atoms with E-state index in [4.69, 9.17) is 28.3 Å². The second-order valence-electron chi connectivity index (χ2n) is 3.18. The Kier molecular flexibility index (Phi) is 2.90. The van der Waals surface area contributed by atoms with E-state index in [1.54, 1.807) is 17.0 Å². The first-order valence-corrected chi connectivity index (χ1v) is 5.21. The lowest BCUT2D eigenvalue weighted by molar-refractivity contribution is 0.0697. The summed E-state index contributed by atoms with van der Waals surface area (Å²) in [4.78, 5) is 10.8. The molecular formula is C11H7Cl2NO2. The van der Waals surface area contributed by atoms with Crippen molar-refractivity contribution in [3.63, 3.8) is 0 Å². The molecule has 0 atom stereocenters. The third kappa shape index (κ3) is 1.92. The second-order valence-corrected chi connectivity index (χ2v) is 4.00. The van der Waals surface area contributed by atoms with Gasteiger partial charge in [-0.2, -0.15) is 0 Å². The molecule has 16 heavy (non-hydrogen) atoms. The molecule has 0 spiro atoms. The van der Waals surface area contributed by atoms with E-state index < -0.39 is 5.97 Å². The predicted octanol–water partition coefficient (Wildman–Crippen LogP) is 3.48. The zero-order valence-corrected chi connectivity index (χ0v) is 9.53. The second kappa shape index (κ2) is 4.20. The Morgan fingerprint density at radius 3 is 2.06 bits per heavy atom. The Hall–Kier alpha value is -1.45. The lowest BCUT2D eigenvalue weighted by Gasteiger charge is -2.09. The molecule has 0 aliphatic carbocycles. The summed E-state index contributed by atoms with van der Waals surface area (Å²) < 4.78 is 1.73. The Bertz CT molecular complexity index is 512. The largest absolute Gasteiger partial charge is 0.478 e. The lowest BCUT2D eigenvalue weighted by Crippen LogP contribution is -1.99. The number of carbonyl (C=O) groups is 1. The maximum Gasteiger partial charge on any atom is 0.335 e. The van der Waals surface area contributed by atoms with E-state index in [-0.39, 0.29) is 5.56 Å². The summed E-state index contributed by atoms with van der Waals surface area (Å²) in [5.74, 6) is -1.05. The third-order valence-corrected chi connectivity index (χ3v) is 2.70. The molecular weight excluding hydrogens is 249 g/mol. The number of aromatic carboxylic acids is 1. The molecule has 0 radical (unpaired) electrons. The van der Waals surface area contributed by atoms with Gasteiger partial charge in [-0.1, -0.05) is 23.2 Å². The summed E-state index contributed by atoms with van der Waals surface area (Å²) in [6.07, 6.45) is 3.57. The van der Waals surface area contributed by atoms with Gasteiger partial charge in [0.25, 0.3) is 0 Å². The van der Waals surface area contributed by atoms with Crippen LogP contribution in [0.25, 0.3) is 5.69 Å². The summed E-state index contributed by atoms with van der Waals surface area (Å²) in [6.45, 7) is 0. The summed E-state index contributed by atoms with van der Waals surface area (Å²) in [5, 5.41) is 9.44. The van der Waals surface area contributed by atoms with Crippen LogP contribution in [-0.4, -0.2) is 15.6 Å². The van der Waals surface area contributed by atoms with Gasteiger partial charge in [0.1, 0.15) is 0 Å². The van der Waals surface area contributed by atoms with Crippen molar-refractivity contribution in [1.29, 1.82) is 0 Å². The predicted molar refractivity (Wildman–Crippen MR) is 62.7 cm³/mol. The fraction of sp³-hybridized carbons (Fsp3) is 0. The standard InChI is InChI=1S/C11H7Cl2NO2/c12-8-5-7(11(15)16)6-9(13)10(8)14-3-1-2-4-14/h1-6H,(H,15,16). The first-order chi connectivity index (χ1) is 7.59. The number of hydrogen-bond acceptors (Lipinski definition) is 1. The van der Waals surface area contributed by atoms with Crippen molar-refractivity contribution in [3.05, 3.63) is 52.3 Å². The van der Waals surface area contributed by atoms with Gasteiger partial charge in [0.05, 0.1) is 21.3 Å². The molecule has 1 aromatic heterocycles. The van der Waals surface area contributed by atoms with Gasteiger partial charge >= 0.3 is 5.97 Å². The number of aromatic nitrogens is 1. The van der Waals surface area contributed by atoms with Crippen LogP contribution in [0, 0.1) is 0 Å². The van der Waals surface area contributed by atoms with Gasteiger partial charge in [-0.3, -0.25) is 0 Å². The van der Waals surface area contributed by atoms with E-state index in [1.165, 1.54) is 12.1 Å². The van der Waals surface area contributed by atoms with Crippen LogP contribution in [-0.2, 0) is 0 Å². The maximum absolute atomic E-state index is 10.8. The van der Waals surface area contributed by atoms with Crippen LogP contribution in [0.3, 0.4) is 0 Å². The number of carboxylic acids is 1. The Balaban J connectivity index is 2.61. The SMILES string of the molecule is O=C(O)c1cc(Cl)c(-n2cccc2)c(Cl)c1. The number of benzene rings is 1. The summed E-state index contributed by atoms with van der Waals surface area (Å²) in [7, 11) is 0. The fourth-order valence-corrected chi connectivity index (χ4v) is 2.10. The van der Waals surface area contributed by atoms with E-state index in [0.29, 0.717) is 15.7 Å². The summed E-state index contributed by atoms with van der Waals surface area (Å²) in [6, 6.07) is 6.42. The highest BCUT2D eigenvalue weighted by atomic mass is 35.5. The smallest absolute Gasteiger partial charge is 0.335 e. The van der Waals surface area contributed by atoms with Crippen LogP contribution in [0.4, 0.5) is 0 Å². The van der Waals surface area contributed by atoms with Crippen LogP contribution < -0.4 is 0 Å². The minimum Gasteiger partial charge on any atom is -0.478 e. The van der Waals surface area contributed by atoms with Crippen molar-refractivity contribution in [3.8, 4) is 5.69 Å². The van der Waals surface area contributed by atoms with Crippen LogP contribution in [0.2, 0.25) is 10.0 Å². The summed E-state index contributed by atoms with van der Waals surface area (Å²) >= 11 is 12.0. The molecule has 3 nitrogen and oxygen atoms in total. The first kappa shape index (κ1) is 11.0. The highest BCUT2D eigenvalue weighted by molar-refractivity contribution is 6.38. The van der Waals surface area contributed by atoms with Crippen molar-refractivity contribution in [2.24, 2.45) is 0 Å². The van der Waals surface area contributed by atoms with Crippen molar-refractivity contribution in [2.45, 2.75) is 0 Å². The molecule has 0 saturated heterocycles. The van der Waals surface area contributed by atoms with E-state index in [1.807, 2.05) is 12.1 Å². The van der Waals surface area contributed by atoms with E-state index >= 15 is 0 Å². The topological polar surface area (TPSA) is 42.2 Å². The molecule has 0 fully saturated rings. The fourth-order valence-electron chi connectivity index (χ4n) is 1.42. The minimum absolute atomic E-state index is 0.0749. The molecule has 1 heterocycles. The number of rotatable bonds is 2. The average Bonchev–Trinajstić information content (AvgIpc) is 2.69. The van der Waals surface area contributed by atoms with Gasteiger partial charge in [0.2, 0.25) is 0 Å². The quantitative estimate of drug-likeness (QED) is 0.893. The van der Waals surface area contributed by atoms with Crippen molar-refractivity contribution < 1.29 is 9.90 Å². The molecule has 2 aromatic rings. The van der Waals surface area contributed by atoms with E-state index in [2.05, 4.69) is 0 Å². The zero-order valence-electron chi connectivity index (χ0n) is 8.02. The van der Waals surface area contributed by atoms with Crippen LogP contribution in [0.1, 0.15) is 10.4 Å². The lowest BCUT2D eigenvalue weighted by atomic mass is 10.2. The molecule has 0 amide bonds. The van der Waals surface area contributed by atoms with Gasteiger partial charge in [-0.05, 0) is 24.3 Å². The van der Waals surface area contributed by atoms with Gasteiger partial charge < -0.3 is 9.67 Å². The minimum atomic E-state index is -1.05. The highest BCUT2D eigenvalue weighted by Gasteiger charge is 2.12. The molecule has 5 heteroatoms. The van der Waals surface area contributed by atoms with Gasteiger partial charge in [-0.15, -0.1) is 0 Å². The molecule has 82 valence electrons. The molecule has 0 bridgehead atoms. The average molecular weight is 256 g/mol. The number of hydrogen-bond donors (Lipinski definition) is 1. The van der Waals surface area contributed by atoms with Crippen LogP contribution >= 0.6 is 23.2 Å². The molecule has 0 saturated carbocycles. The Morgan fingerprint density at radius 1 is 1.12 bits per heavy atom. The Morgan fingerprint density at radius 2 is 1.62 bits per heavy atom. The third-order valence-electron chi connectivity index (χ3n) is 2.13. The van der Waals surface area contributed by atoms with Gasteiger partial charge in [0.15, 0.2) is 0 Å². The number of carboxylic acid groups (broad SMARTS) is 1. The van der Waals surface area contributed by atoms with Crippen LogP contribution in [0.15, 0.2) is 36.7 Å². The van der Waals surface area contributed by atoms with E-state index in [0.717, 1.165) is 0 Å².